The number of ether oxygens (including phenoxy) is 2. The zero-order chi connectivity index (χ0) is 20.3. The lowest BCUT2D eigenvalue weighted by Crippen LogP contribution is -2.32. The van der Waals surface area contributed by atoms with Gasteiger partial charge in [-0.05, 0) is 51.0 Å². The molecule has 1 fully saturated rings. The summed E-state index contributed by atoms with van der Waals surface area (Å²) in [5.74, 6) is -3.59. The first-order valence-corrected chi connectivity index (χ1v) is 11.4. The van der Waals surface area contributed by atoms with Crippen LogP contribution in [0.1, 0.15) is 44.5 Å². The van der Waals surface area contributed by atoms with Crippen LogP contribution in [-0.2, 0) is 10.7 Å². The lowest BCUT2D eigenvalue weighted by Gasteiger charge is -2.29. The molecule has 156 valence electrons. The molecule has 0 aliphatic heterocycles. The van der Waals surface area contributed by atoms with Crippen molar-refractivity contribution >= 4 is 33.5 Å². The average molecular weight is 435 g/mol. The maximum atomic E-state index is 14.8. The van der Waals surface area contributed by atoms with Gasteiger partial charge < -0.3 is 9.47 Å². The SMILES string of the molecule is CSN[C@@H](C)CO[C@H]1CC[C@H](Oc2ccc3nc(C(C)(F)F)sc3c2F)CC1. The summed E-state index contributed by atoms with van der Waals surface area (Å²) >= 11 is 2.25. The Labute approximate surface area is 171 Å². The quantitative estimate of drug-likeness (QED) is 0.555. The van der Waals surface area contributed by atoms with Crippen LogP contribution in [0.4, 0.5) is 13.2 Å². The third-order valence-electron chi connectivity index (χ3n) is 4.65. The number of fused-ring (bicyclic) bond motifs is 1. The molecule has 3 rings (SSSR count). The van der Waals surface area contributed by atoms with Crippen LogP contribution in [0.15, 0.2) is 12.1 Å². The minimum absolute atomic E-state index is 0.101. The summed E-state index contributed by atoms with van der Waals surface area (Å²) in [5.41, 5.74) is 0.233. The van der Waals surface area contributed by atoms with E-state index in [2.05, 4.69) is 16.6 Å². The van der Waals surface area contributed by atoms with Crippen LogP contribution in [0, 0.1) is 5.82 Å². The van der Waals surface area contributed by atoms with Crippen molar-refractivity contribution in [2.24, 2.45) is 0 Å². The third-order valence-corrected chi connectivity index (χ3v) is 6.53. The fourth-order valence-corrected chi connectivity index (χ4v) is 4.63. The highest BCUT2D eigenvalue weighted by molar-refractivity contribution is 7.96. The molecule has 2 aromatic rings. The Hall–Kier alpha value is -1.03. The van der Waals surface area contributed by atoms with E-state index in [-0.39, 0.29) is 39.2 Å². The molecular weight excluding hydrogens is 409 g/mol. The van der Waals surface area contributed by atoms with Gasteiger partial charge in [0.1, 0.15) is 0 Å². The van der Waals surface area contributed by atoms with Crippen LogP contribution in [0.25, 0.3) is 10.2 Å². The van der Waals surface area contributed by atoms with Crippen molar-refractivity contribution in [2.45, 2.75) is 63.7 Å². The number of aromatic nitrogens is 1. The van der Waals surface area contributed by atoms with E-state index in [4.69, 9.17) is 9.47 Å². The van der Waals surface area contributed by atoms with Crippen LogP contribution in [0.3, 0.4) is 0 Å². The molecule has 4 nitrogen and oxygen atoms in total. The van der Waals surface area contributed by atoms with Crippen molar-refractivity contribution in [3.8, 4) is 5.75 Å². The van der Waals surface area contributed by atoms with Crippen LogP contribution in [-0.4, -0.2) is 36.1 Å². The Morgan fingerprint density at radius 2 is 1.96 bits per heavy atom. The maximum absolute atomic E-state index is 14.8. The van der Waals surface area contributed by atoms with Crippen molar-refractivity contribution in [1.82, 2.24) is 9.71 Å². The third kappa shape index (κ3) is 5.31. The highest BCUT2D eigenvalue weighted by atomic mass is 32.2. The molecule has 0 unspecified atom stereocenters. The van der Waals surface area contributed by atoms with Crippen molar-refractivity contribution in [3.63, 3.8) is 0 Å². The second-order valence-electron chi connectivity index (χ2n) is 7.21. The van der Waals surface area contributed by atoms with E-state index in [0.717, 1.165) is 32.6 Å². The molecule has 1 aliphatic rings. The van der Waals surface area contributed by atoms with Gasteiger partial charge in [0, 0.05) is 13.0 Å². The van der Waals surface area contributed by atoms with E-state index >= 15 is 0 Å². The summed E-state index contributed by atoms with van der Waals surface area (Å²) in [7, 11) is 0. The van der Waals surface area contributed by atoms with Crippen LogP contribution in [0.5, 0.6) is 5.75 Å². The minimum Gasteiger partial charge on any atom is -0.487 e. The lowest BCUT2D eigenvalue weighted by molar-refractivity contribution is -0.00301. The number of nitrogens with one attached hydrogen (secondary N) is 1. The molecule has 1 aromatic carbocycles. The normalized spacial score (nSPS) is 21.8. The first-order chi connectivity index (χ1) is 13.3. The Balaban J connectivity index is 1.58. The Bertz CT molecular complexity index is 789. The van der Waals surface area contributed by atoms with Crippen molar-refractivity contribution in [3.05, 3.63) is 23.0 Å². The van der Waals surface area contributed by atoms with Gasteiger partial charge in [-0.25, -0.2) is 9.37 Å². The molecule has 1 heterocycles. The number of halogens is 3. The molecule has 0 spiro atoms. The topological polar surface area (TPSA) is 43.4 Å². The molecule has 0 saturated heterocycles. The fraction of sp³-hybridized carbons (Fsp3) is 0.632. The summed E-state index contributed by atoms with van der Waals surface area (Å²) in [6.45, 7) is 3.49. The van der Waals surface area contributed by atoms with E-state index in [1.165, 1.54) is 12.1 Å². The van der Waals surface area contributed by atoms with Gasteiger partial charge in [-0.1, -0.05) is 11.9 Å². The van der Waals surface area contributed by atoms with Gasteiger partial charge in [0.2, 0.25) is 0 Å². The molecule has 1 saturated carbocycles. The van der Waals surface area contributed by atoms with Crippen molar-refractivity contribution in [2.75, 3.05) is 12.9 Å². The number of benzene rings is 1. The number of alkyl halides is 2. The van der Waals surface area contributed by atoms with Gasteiger partial charge in [0.25, 0.3) is 5.92 Å². The first kappa shape index (κ1) is 21.7. The number of rotatable bonds is 8. The second-order valence-corrected chi connectivity index (χ2v) is 8.85. The summed E-state index contributed by atoms with van der Waals surface area (Å²) < 4.78 is 56.8. The van der Waals surface area contributed by atoms with Gasteiger partial charge in [0.05, 0.1) is 29.0 Å². The number of nitrogens with zero attached hydrogens (tertiary/aromatic N) is 1. The molecule has 9 heteroatoms. The van der Waals surface area contributed by atoms with Gasteiger partial charge in [-0.3, -0.25) is 4.72 Å². The van der Waals surface area contributed by atoms with E-state index in [1.807, 2.05) is 6.26 Å². The molecule has 28 heavy (non-hydrogen) atoms. The predicted octanol–water partition coefficient (Wildman–Crippen LogP) is 5.51. The summed E-state index contributed by atoms with van der Waals surface area (Å²) in [6, 6.07) is 3.30. The van der Waals surface area contributed by atoms with Crippen LogP contribution < -0.4 is 9.46 Å². The highest BCUT2D eigenvalue weighted by Gasteiger charge is 2.30. The van der Waals surface area contributed by atoms with E-state index in [1.54, 1.807) is 11.9 Å². The Morgan fingerprint density at radius 1 is 1.29 bits per heavy atom. The zero-order valence-corrected chi connectivity index (χ0v) is 17.8. The number of hydrogen-bond donors (Lipinski definition) is 1. The molecule has 0 radical (unpaired) electrons. The van der Waals surface area contributed by atoms with Crippen molar-refractivity contribution < 1.29 is 22.6 Å². The molecule has 1 aliphatic carbocycles. The minimum atomic E-state index is -3.08. The predicted molar refractivity (Wildman–Crippen MR) is 108 cm³/mol. The number of hydrogen-bond acceptors (Lipinski definition) is 6. The smallest absolute Gasteiger partial charge is 0.296 e. The standard InChI is InChI=1S/C19H25F3N2O2S2/c1-11(24-27-3)10-25-12-4-6-13(7-5-12)26-15-9-8-14-17(16(15)20)28-18(23-14)19(2,21)22/h8-9,11-13,24H,4-7,10H2,1-3H3/t11-,12-,13-/m0/s1. The summed E-state index contributed by atoms with van der Waals surface area (Å²) in [6.07, 6.45) is 5.32. The monoisotopic (exact) mass is 434 g/mol. The van der Waals surface area contributed by atoms with Gasteiger partial charge >= 0.3 is 0 Å². The van der Waals surface area contributed by atoms with Gasteiger partial charge in [-0.15, -0.1) is 11.3 Å². The first-order valence-electron chi connectivity index (χ1n) is 9.32. The molecule has 1 aromatic heterocycles. The van der Waals surface area contributed by atoms with Gasteiger partial charge in [-0.2, -0.15) is 8.78 Å². The second kappa shape index (κ2) is 9.19. The fourth-order valence-electron chi connectivity index (χ4n) is 3.23. The Morgan fingerprint density at radius 3 is 2.61 bits per heavy atom. The van der Waals surface area contributed by atoms with Gasteiger partial charge in [0.15, 0.2) is 16.6 Å². The average Bonchev–Trinajstić information content (AvgIpc) is 3.09. The summed E-state index contributed by atoms with van der Waals surface area (Å²) in [4.78, 5) is 3.84. The van der Waals surface area contributed by atoms with Crippen LogP contribution in [0.2, 0.25) is 0 Å². The largest absolute Gasteiger partial charge is 0.487 e. The lowest BCUT2D eigenvalue weighted by atomic mass is 9.95. The van der Waals surface area contributed by atoms with Crippen molar-refractivity contribution in [1.29, 1.82) is 0 Å². The highest BCUT2D eigenvalue weighted by Crippen LogP contribution is 2.38. The zero-order valence-electron chi connectivity index (χ0n) is 16.1. The van der Waals surface area contributed by atoms with Crippen LogP contribution >= 0.6 is 23.3 Å². The maximum Gasteiger partial charge on any atom is 0.296 e. The molecule has 1 atom stereocenters. The molecule has 1 N–H and O–H groups in total. The van der Waals surface area contributed by atoms with E-state index < -0.39 is 11.7 Å². The number of thiazole rings is 1. The summed E-state index contributed by atoms with van der Waals surface area (Å²) in [5, 5.41) is -0.388. The molecule has 0 bridgehead atoms. The molecule has 0 amide bonds. The Kier molecular flexibility index (Phi) is 7.12. The van der Waals surface area contributed by atoms with E-state index in [0.29, 0.717) is 17.9 Å². The molecular formula is C19H25F3N2O2S2. The van der Waals surface area contributed by atoms with E-state index in [9.17, 15) is 13.2 Å².